The maximum Gasteiger partial charge on any atom is 0.144 e. The first-order valence-corrected chi connectivity index (χ1v) is 8.93. The average molecular weight is 332 g/mol. The summed E-state index contributed by atoms with van der Waals surface area (Å²) in [5, 5.41) is 0. The molecule has 0 saturated heterocycles. The second-order valence-corrected chi connectivity index (χ2v) is 8.69. The molecule has 3 rings (SSSR count). The highest BCUT2D eigenvalue weighted by molar-refractivity contribution is 5.63. The Hall–Kier alpha value is -2.35. The Bertz CT molecular complexity index is 827. The van der Waals surface area contributed by atoms with Gasteiger partial charge < -0.3 is 0 Å². The number of para-hydroxylation sites is 1. The van der Waals surface area contributed by atoms with Crippen molar-refractivity contribution in [3.05, 3.63) is 72.1 Å². The van der Waals surface area contributed by atoms with Crippen molar-refractivity contribution in [1.29, 1.82) is 0 Å². The van der Waals surface area contributed by atoms with Crippen LogP contribution in [0.3, 0.4) is 0 Å². The second kappa shape index (κ2) is 6.18. The Morgan fingerprint density at radius 3 is 1.80 bits per heavy atom. The molecule has 0 aliphatic carbocycles. The summed E-state index contributed by atoms with van der Waals surface area (Å²) in [6.45, 7) is 13.7. The summed E-state index contributed by atoms with van der Waals surface area (Å²) in [6, 6.07) is 17.1. The Kier molecular flexibility index (Phi) is 4.32. The predicted molar refractivity (Wildman–Crippen MR) is 106 cm³/mol. The van der Waals surface area contributed by atoms with E-state index in [9.17, 15) is 0 Å². The van der Waals surface area contributed by atoms with Crippen LogP contribution in [0, 0.1) is 0 Å². The predicted octanol–water partition coefficient (Wildman–Crippen LogP) is 6.13. The molecule has 2 heteroatoms. The van der Waals surface area contributed by atoms with Crippen molar-refractivity contribution >= 4 is 0 Å². The van der Waals surface area contributed by atoms with Gasteiger partial charge in [0.05, 0.1) is 5.69 Å². The van der Waals surface area contributed by atoms with Gasteiger partial charge in [-0.05, 0) is 22.0 Å². The quantitative estimate of drug-likeness (QED) is 0.551. The molecule has 0 unspecified atom stereocenters. The summed E-state index contributed by atoms with van der Waals surface area (Å²) in [7, 11) is 0. The minimum atomic E-state index is 0.0504. The molecule has 0 atom stereocenters. The van der Waals surface area contributed by atoms with Gasteiger partial charge in [-0.2, -0.15) is 0 Å². The number of nitrogens with zero attached hydrogens (tertiary/aromatic N) is 2. The number of rotatable bonds is 2. The molecular weight excluding hydrogens is 304 g/mol. The lowest BCUT2D eigenvalue weighted by Crippen LogP contribution is -2.22. The smallest absolute Gasteiger partial charge is 0.144 e. The third-order valence-electron chi connectivity index (χ3n) is 4.57. The zero-order valence-electron chi connectivity index (χ0n) is 16.2. The molecule has 0 aliphatic heterocycles. The Labute approximate surface area is 151 Å². The first-order chi connectivity index (χ1) is 11.7. The van der Waals surface area contributed by atoms with Crippen molar-refractivity contribution in [2.24, 2.45) is 0 Å². The molecule has 25 heavy (non-hydrogen) atoms. The van der Waals surface area contributed by atoms with Crippen LogP contribution in [-0.2, 0) is 10.8 Å². The van der Waals surface area contributed by atoms with Crippen LogP contribution in [0.4, 0.5) is 0 Å². The Morgan fingerprint density at radius 1 is 0.720 bits per heavy atom. The molecule has 0 fully saturated rings. The van der Waals surface area contributed by atoms with Gasteiger partial charge >= 0.3 is 0 Å². The molecule has 0 spiro atoms. The van der Waals surface area contributed by atoms with Gasteiger partial charge in [0.25, 0.3) is 0 Å². The Morgan fingerprint density at radius 2 is 1.28 bits per heavy atom. The van der Waals surface area contributed by atoms with E-state index in [1.54, 1.807) is 0 Å². The molecular formula is C23H28N2. The van der Waals surface area contributed by atoms with Crippen LogP contribution < -0.4 is 0 Å². The molecule has 0 radical (unpaired) electrons. The molecule has 0 N–H and O–H groups in total. The number of hydrogen-bond donors (Lipinski definition) is 0. The highest BCUT2D eigenvalue weighted by atomic mass is 15.1. The summed E-state index contributed by atoms with van der Waals surface area (Å²) >= 11 is 0. The topological polar surface area (TPSA) is 17.8 Å². The van der Waals surface area contributed by atoms with Gasteiger partial charge in [0.2, 0.25) is 0 Å². The highest BCUT2D eigenvalue weighted by Gasteiger charge is 2.27. The standard InChI is InChI=1S/C23H28N2/c1-22(2,3)18-13-10-14-19(23(4,5)6)20(18)25-16-15-24-21(25)17-11-8-7-9-12-17/h7-16H,1-6H3. The largest absolute Gasteiger partial charge is 0.299 e. The maximum absolute atomic E-state index is 4.67. The zero-order valence-corrected chi connectivity index (χ0v) is 16.2. The van der Waals surface area contributed by atoms with E-state index in [1.165, 1.54) is 16.8 Å². The van der Waals surface area contributed by atoms with Crippen LogP contribution in [0.5, 0.6) is 0 Å². The van der Waals surface area contributed by atoms with E-state index in [-0.39, 0.29) is 10.8 Å². The van der Waals surface area contributed by atoms with E-state index in [2.05, 4.69) is 99.8 Å². The number of imidazole rings is 1. The van der Waals surface area contributed by atoms with Gasteiger partial charge in [-0.15, -0.1) is 0 Å². The van der Waals surface area contributed by atoms with Crippen molar-refractivity contribution in [2.75, 3.05) is 0 Å². The lowest BCUT2D eigenvalue weighted by Gasteiger charge is -2.30. The molecule has 2 aromatic carbocycles. The van der Waals surface area contributed by atoms with Crippen molar-refractivity contribution in [2.45, 2.75) is 52.4 Å². The van der Waals surface area contributed by atoms with Gasteiger partial charge in [0.1, 0.15) is 5.82 Å². The molecule has 0 saturated carbocycles. The lowest BCUT2D eigenvalue weighted by molar-refractivity contribution is 0.562. The van der Waals surface area contributed by atoms with Crippen molar-refractivity contribution in [1.82, 2.24) is 9.55 Å². The molecule has 0 amide bonds. The first kappa shape index (κ1) is 17.5. The Balaban J connectivity index is 2.33. The fraction of sp³-hybridized carbons (Fsp3) is 0.348. The molecule has 1 aromatic heterocycles. The zero-order chi connectivity index (χ0) is 18.2. The van der Waals surface area contributed by atoms with E-state index >= 15 is 0 Å². The van der Waals surface area contributed by atoms with Crippen LogP contribution in [0.25, 0.3) is 17.1 Å². The molecule has 0 aliphatic rings. The van der Waals surface area contributed by atoms with Gasteiger partial charge in [-0.1, -0.05) is 90.1 Å². The van der Waals surface area contributed by atoms with E-state index in [1.807, 2.05) is 12.3 Å². The molecule has 3 aromatic rings. The van der Waals surface area contributed by atoms with E-state index < -0.39 is 0 Å². The summed E-state index contributed by atoms with van der Waals surface area (Å²) < 4.78 is 2.26. The van der Waals surface area contributed by atoms with Gasteiger partial charge in [0, 0.05) is 18.0 Å². The lowest BCUT2D eigenvalue weighted by atomic mass is 9.78. The first-order valence-electron chi connectivity index (χ1n) is 8.93. The minimum Gasteiger partial charge on any atom is -0.299 e. The van der Waals surface area contributed by atoms with Crippen LogP contribution in [0.15, 0.2) is 60.9 Å². The summed E-state index contributed by atoms with van der Waals surface area (Å²) in [5.41, 5.74) is 5.18. The fourth-order valence-corrected chi connectivity index (χ4v) is 3.30. The monoisotopic (exact) mass is 332 g/mol. The van der Waals surface area contributed by atoms with Crippen LogP contribution in [-0.4, -0.2) is 9.55 Å². The SMILES string of the molecule is CC(C)(C)c1cccc(C(C)(C)C)c1-n1ccnc1-c1ccccc1. The summed E-state index contributed by atoms with van der Waals surface area (Å²) in [5.74, 6) is 0.989. The van der Waals surface area contributed by atoms with Crippen LogP contribution in [0.2, 0.25) is 0 Å². The van der Waals surface area contributed by atoms with Gasteiger partial charge in [-0.25, -0.2) is 4.98 Å². The molecule has 2 nitrogen and oxygen atoms in total. The fourth-order valence-electron chi connectivity index (χ4n) is 3.30. The number of benzene rings is 2. The maximum atomic E-state index is 4.67. The number of aromatic nitrogens is 2. The molecule has 0 bridgehead atoms. The highest BCUT2D eigenvalue weighted by Crippen LogP contribution is 2.38. The van der Waals surface area contributed by atoms with Gasteiger partial charge in [0.15, 0.2) is 0 Å². The third kappa shape index (κ3) is 3.39. The molecule has 130 valence electrons. The van der Waals surface area contributed by atoms with E-state index in [0.717, 1.165) is 11.4 Å². The van der Waals surface area contributed by atoms with Crippen LogP contribution in [0.1, 0.15) is 52.7 Å². The van der Waals surface area contributed by atoms with Crippen molar-refractivity contribution in [3.63, 3.8) is 0 Å². The van der Waals surface area contributed by atoms with Crippen molar-refractivity contribution in [3.8, 4) is 17.1 Å². The third-order valence-corrected chi connectivity index (χ3v) is 4.57. The van der Waals surface area contributed by atoms with E-state index in [4.69, 9.17) is 0 Å². The van der Waals surface area contributed by atoms with Gasteiger partial charge in [-0.3, -0.25) is 4.57 Å². The average Bonchev–Trinajstić information content (AvgIpc) is 3.02. The normalized spacial score (nSPS) is 12.4. The van der Waals surface area contributed by atoms with Crippen molar-refractivity contribution < 1.29 is 0 Å². The number of hydrogen-bond acceptors (Lipinski definition) is 1. The van der Waals surface area contributed by atoms with Crippen LogP contribution >= 0.6 is 0 Å². The minimum absolute atomic E-state index is 0.0504. The summed E-state index contributed by atoms with van der Waals surface area (Å²) in [6.07, 6.45) is 3.98. The second-order valence-electron chi connectivity index (χ2n) is 8.69. The summed E-state index contributed by atoms with van der Waals surface area (Å²) in [4.78, 5) is 4.67. The molecule has 1 heterocycles. The van der Waals surface area contributed by atoms with E-state index in [0.29, 0.717) is 0 Å².